The van der Waals surface area contributed by atoms with Crippen molar-refractivity contribution in [3.8, 4) is 11.5 Å². The molecule has 2 aliphatic heterocycles. The van der Waals surface area contributed by atoms with E-state index >= 15 is 0 Å². The van der Waals surface area contributed by atoms with Crippen LogP contribution in [0, 0.1) is 23.7 Å². The van der Waals surface area contributed by atoms with Gasteiger partial charge in [-0.15, -0.1) is 13.2 Å². The number of likely N-dealkylation sites (tertiary alicyclic amines) is 2. The summed E-state index contributed by atoms with van der Waals surface area (Å²) in [4.78, 5) is 29.4. The van der Waals surface area contributed by atoms with Crippen molar-refractivity contribution in [2.24, 2.45) is 23.7 Å². The number of H-pyrrole nitrogens is 1. The number of fused-ring (bicyclic) bond motifs is 5. The molecule has 36 heavy (non-hydrogen) atoms. The second kappa shape index (κ2) is 8.38. The molecule has 0 radical (unpaired) electrons. The average Bonchev–Trinajstić information content (AvgIpc) is 3.56. The van der Waals surface area contributed by atoms with E-state index in [4.69, 9.17) is 4.74 Å². The van der Waals surface area contributed by atoms with Gasteiger partial charge in [0.25, 0.3) is 11.8 Å². The number of alkyl halides is 3. The highest BCUT2D eigenvalue weighted by Crippen LogP contribution is 2.54. The van der Waals surface area contributed by atoms with Crippen molar-refractivity contribution < 1.29 is 32.2 Å². The third kappa shape index (κ3) is 4.10. The standard InChI is InChI=1S/C24H22F3N5O4/c25-24(26,27)36-15-4-2-14(3-5-15)35-12-22(33)31-8-16-17(9-31)19-11-32(10-18(16)19)23(34)13-1-6-20-21(7-13)29-30-28-20/h1-7,16-19H,8-12H2,(H,28,29,30)/t16?,17?,18-,19+. The summed E-state index contributed by atoms with van der Waals surface area (Å²) >= 11 is 0. The first-order valence-electron chi connectivity index (χ1n) is 11.6. The van der Waals surface area contributed by atoms with Crippen molar-refractivity contribution in [1.82, 2.24) is 25.2 Å². The highest BCUT2D eigenvalue weighted by atomic mass is 19.4. The summed E-state index contributed by atoms with van der Waals surface area (Å²) in [5.74, 6) is 1.21. The number of ether oxygens (including phenoxy) is 2. The van der Waals surface area contributed by atoms with Crippen molar-refractivity contribution >= 4 is 22.8 Å². The van der Waals surface area contributed by atoms with Gasteiger partial charge in [-0.25, -0.2) is 0 Å². The Kier molecular flexibility index (Phi) is 5.27. The lowest BCUT2D eigenvalue weighted by Crippen LogP contribution is -2.44. The molecule has 2 amide bonds. The van der Waals surface area contributed by atoms with E-state index in [2.05, 4.69) is 20.1 Å². The van der Waals surface area contributed by atoms with Gasteiger partial charge in [0, 0.05) is 31.7 Å². The van der Waals surface area contributed by atoms with Crippen molar-refractivity contribution in [3.05, 3.63) is 48.0 Å². The van der Waals surface area contributed by atoms with Crippen LogP contribution in [0.25, 0.3) is 11.0 Å². The third-order valence-corrected chi connectivity index (χ3v) is 7.55. The SMILES string of the molecule is O=C(COc1ccc(OC(F)(F)F)cc1)N1CC2C(C1)[C@@H]1CN(C(=O)c3ccc4n[nH]nc4c3)C[C@H]21. The maximum absolute atomic E-state index is 13.1. The lowest BCUT2D eigenvalue weighted by atomic mass is 9.60. The van der Waals surface area contributed by atoms with Crippen molar-refractivity contribution in [3.63, 3.8) is 0 Å². The van der Waals surface area contributed by atoms with Crippen LogP contribution in [0.15, 0.2) is 42.5 Å². The predicted molar refractivity (Wildman–Crippen MR) is 119 cm³/mol. The number of aromatic nitrogens is 3. The Morgan fingerprint density at radius 2 is 1.44 bits per heavy atom. The Bertz CT molecular complexity index is 1290. The van der Waals surface area contributed by atoms with Crippen LogP contribution in [-0.4, -0.2) is 76.2 Å². The number of halogens is 3. The molecular formula is C24H22F3N5O4. The largest absolute Gasteiger partial charge is 0.573 e. The summed E-state index contributed by atoms with van der Waals surface area (Å²) in [5.41, 5.74) is 1.96. The quantitative estimate of drug-likeness (QED) is 0.577. The van der Waals surface area contributed by atoms with Gasteiger partial charge >= 0.3 is 6.36 Å². The Morgan fingerprint density at radius 1 is 0.861 bits per heavy atom. The Balaban J connectivity index is 1.01. The number of amides is 2. The number of carbonyl (C=O) groups excluding carboxylic acids is 2. The van der Waals surface area contributed by atoms with Gasteiger partial charge in [-0.1, -0.05) is 0 Å². The summed E-state index contributed by atoms with van der Waals surface area (Å²) in [5, 5.41) is 10.6. The fourth-order valence-electron chi connectivity index (χ4n) is 5.87. The number of nitrogens with zero attached hydrogens (tertiary/aromatic N) is 4. The molecule has 3 aliphatic rings. The minimum absolute atomic E-state index is 0.0136. The normalized spacial score (nSPS) is 24.9. The Morgan fingerprint density at radius 3 is 2.08 bits per heavy atom. The molecule has 188 valence electrons. The van der Waals surface area contributed by atoms with Gasteiger partial charge in [0.15, 0.2) is 6.61 Å². The molecule has 12 heteroatoms. The first-order chi connectivity index (χ1) is 17.2. The van der Waals surface area contributed by atoms with Gasteiger partial charge in [-0.2, -0.15) is 15.4 Å². The van der Waals surface area contributed by atoms with Crippen LogP contribution in [0.5, 0.6) is 11.5 Å². The first kappa shape index (κ1) is 22.6. The van der Waals surface area contributed by atoms with E-state index in [1.807, 2.05) is 4.90 Å². The first-order valence-corrected chi connectivity index (χ1v) is 11.6. The van der Waals surface area contributed by atoms with Crippen molar-refractivity contribution in [2.45, 2.75) is 6.36 Å². The van der Waals surface area contributed by atoms with Crippen LogP contribution < -0.4 is 9.47 Å². The summed E-state index contributed by atoms with van der Waals surface area (Å²) in [6.07, 6.45) is -4.76. The molecule has 3 heterocycles. The lowest BCUT2D eigenvalue weighted by molar-refractivity contribution is -0.274. The van der Waals surface area contributed by atoms with Gasteiger partial charge in [0.05, 0.1) is 0 Å². The fourth-order valence-corrected chi connectivity index (χ4v) is 5.87. The molecular weight excluding hydrogens is 479 g/mol. The van der Waals surface area contributed by atoms with Gasteiger partial charge in [0.2, 0.25) is 0 Å². The lowest BCUT2D eigenvalue weighted by Gasteiger charge is -2.42. The minimum Gasteiger partial charge on any atom is -0.484 e. The van der Waals surface area contributed by atoms with Crippen molar-refractivity contribution in [1.29, 1.82) is 0 Å². The number of benzene rings is 2. The van der Waals surface area contributed by atoms with E-state index in [9.17, 15) is 22.8 Å². The monoisotopic (exact) mass is 501 g/mol. The average molecular weight is 501 g/mol. The van der Waals surface area contributed by atoms with Crippen LogP contribution >= 0.6 is 0 Å². The molecule has 2 unspecified atom stereocenters. The zero-order valence-corrected chi connectivity index (χ0v) is 18.9. The zero-order valence-electron chi connectivity index (χ0n) is 18.9. The van der Waals surface area contributed by atoms with E-state index in [0.717, 1.165) is 12.1 Å². The molecule has 1 aromatic heterocycles. The highest BCUT2D eigenvalue weighted by Gasteiger charge is 2.59. The van der Waals surface area contributed by atoms with E-state index in [-0.39, 0.29) is 29.9 Å². The van der Waals surface area contributed by atoms with Crippen LogP contribution in [0.4, 0.5) is 13.2 Å². The second-order valence-corrected chi connectivity index (χ2v) is 9.50. The molecule has 4 atom stereocenters. The predicted octanol–water partition coefficient (Wildman–Crippen LogP) is 2.71. The number of hydrogen-bond acceptors (Lipinski definition) is 6. The van der Waals surface area contributed by atoms with E-state index in [1.165, 1.54) is 12.1 Å². The molecule has 0 spiro atoms. The van der Waals surface area contributed by atoms with Gasteiger partial charge in [-0.05, 0) is 66.1 Å². The van der Waals surface area contributed by atoms with Crippen LogP contribution in [0.2, 0.25) is 0 Å². The summed E-state index contributed by atoms with van der Waals surface area (Å²) in [7, 11) is 0. The van der Waals surface area contributed by atoms with Crippen LogP contribution in [0.3, 0.4) is 0 Å². The minimum atomic E-state index is -4.76. The molecule has 3 fully saturated rings. The molecule has 9 nitrogen and oxygen atoms in total. The topological polar surface area (TPSA) is 101 Å². The summed E-state index contributed by atoms with van der Waals surface area (Å²) in [6.45, 7) is 2.40. The second-order valence-electron chi connectivity index (χ2n) is 9.50. The molecule has 1 N–H and O–H groups in total. The number of aromatic amines is 1. The molecule has 1 saturated carbocycles. The smallest absolute Gasteiger partial charge is 0.484 e. The Labute approximate surface area is 203 Å². The molecule has 0 bridgehead atoms. The van der Waals surface area contributed by atoms with Gasteiger partial charge in [0.1, 0.15) is 22.5 Å². The maximum Gasteiger partial charge on any atom is 0.573 e. The van der Waals surface area contributed by atoms with E-state index in [0.29, 0.717) is 66.4 Å². The number of nitrogens with one attached hydrogen (secondary N) is 1. The van der Waals surface area contributed by atoms with E-state index < -0.39 is 6.36 Å². The summed E-state index contributed by atoms with van der Waals surface area (Å²) < 4.78 is 46.1. The molecule has 2 aromatic carbocycles. The van der Waals surface area contributed by atoms with Gasteiger partial charge < -0.3 is 19.3 Å². The molecule has 6 rings (SSSR count). The number of carbonyl (C=O) groups is 2. The highest BCUT2D eigenvalue weighted by molar-refractivity contribution is 5.97. The van der Waals surface area contributed by atoms with Gasteiger partial charge in [-0.3, -0.25) is 9.59 Å². The van der Waals surface area contributed by atoms with E-state index in [1.54, 1.807) is 23.1 Å². The molecule has 3 aromatic rings. The molecule has 2 saturated heterocycles. The summed E-state index contributed by atoms with van der Waals surface area (Å²) in [6, 6.07) is 10.2. The maximum atomic E-state index is 13.1. The fraction of sp³-hybridized carbons (Fsp3) is 0.417. The Hall–Kier alpha value is -3.83. The van der Waals surface area contributed by atoms with Crippen LogP contribution in [0.1, 0.15) is 10.4 Å². The zero-order chi connectivity index (χ0) is 25.0. The number of hydrogen-bond donors (Lipinski definition) is 1. The molecule has 1 aliphatic carbocycles. The van der Waals surface area contributed by atoms with Crippen LogP contribution in [-0.2, 0) is 4.79 Å². The third-order valence-electron chi connectivity index (χ3n) is 7.55. The number of rotatable bonds is 5. The van der Waals surface area contributed by atoms with Crippen molar-refractivity contribution in [2.75, 3.05) is 32.8 Å².